The van der Waals surface area contributed by atoms with Crippen LogP contribution < -0.4 is 4.72 Å². The average Bonchev–Trinajstić information content (AvgIpc) is 2.80. The number of aryl methyl sites for hydroxylation is 2. The number of halogens is 2. The minimum Gasteiger partial charge on any atom is -0.272 e. The Morgan fingerprint density at radius 3 is 2.57 bits per heavy atom. The highest BCUT2D eigenvalue weighted by molar-refractivity contribution is 7.89. The Labute approximate surface area is 121 Å². The lowest BCUT2D eigenvalue weighted by atomic mass is 10.3. The van der Waals surface area contributed by atoms with Crippen molar-refractivity contribution in [2.75, 3.05) is 0 Å². The van der Waals surface area contributed by atoms with Crippen molar-refractivity contribution in [3.63, 3.8) is 0 Å². The second-order valence-electron chi connectivity index (χ2n) is 4.50. The third kappa shape index (κ3) is 3.45. The van der Waals surface area contributed by atoms with E-state index in [4.69, 9.17) is 0 Å². The van der Waals surface area contributed by atoms with Crippen molar-refractivity contribution in [2.45, 2.75) is 31.8 Å². The van der Waals surface area contributed by atoms with Gasteiger partial charge in [-0.3, -0.25) is 4.68 Å². The number of benzene rings is 1. The molecule has 0 fully saturated rings. The summed E-state index contributed by atoms with van der Waals surface area (Å²) in [6.07, 6.45) is 1.74. The summed E-state index contributed by atoms with van der Waals surface area (Å²) in [6, 6.07) is 2.45. The normalized spacial score (nSPS) is 11.8. The molecular formula is C13H15F2N3O2S. The summed E-state index contributed by atoms with van der Waals surface area (Å²) in [5.74, 6) is -2.29. The molecule has 1 N–H and O–H groups in total. The zero-order valence-corrected chi connectivity index (χ0v) is 12.4. The van der Waals surface area contributed by atoms with Crippen LogP contribution in [-0.4, -0.2) is 18.2 Å². The highest BCUT2D eigenvalue weighted by atomic mass is 32.2. The number of rotatable bonds is 5. The Morgan fingerprint density at radius 2 is 2.00 bits per heavy atom. The highest BCUT2D eigenvalue weighted by Gasteiger charge is 2.17. The van der Waals surface area contributed by atoms with Gasteiger partial charge in [0.05, 0.1) is 10.6 Å². The first kappa shape index (κ1) is 15.6. The highest BCUT2D eigenvalue weighted by Crippen LogP contribution is 2.14. The van der Waals surface area contributed by atoms with Gasteiger partial charge >= 0.3 is 0 Å². The van der Waals surface area contributed by atoms with E-state index in [1.807, 2.05) is 6.92 Å². The van der Waals surface area contributed by atoms with Crippen LogP contribution in [0.15, 0.2) is 29.3 Å². The quantitative estimate of drug-likeness (QED) is 0.917. The van der Waals surface area contributed by atoms with Crippen molar-refractivity contribution in [2.24, 2.45) is 0 Å². The Kier molecular flexibility index (Phi) is 4.38. The molecule has 1 aromatic carbocycles. The Morgan fingerprint density at radius 1 is 1.29 bits per heavy atom. The van der Waals surface area contributed by atoms with Gasteiger partial charge in [0, 0.05) is 24.8 Å². The van der Waals surface area contributed by atoms with Gasteiger partial charge in [0.25, 0.3) is 0 Å². The van der Waals surface area contributed by atoms with Gasteiger partial charge in [0.1, 0.15) is 0 Å². The van der Waals surface area contributed by atoms with Gasteiger partial charge in [-0.1, -0.05) is 0 Å². The number of nitrogens with zero attached hydrogens (tertiary/aromatic N) is 2. The molecule has 8 heteroatoms. The molecule has 0 aliphatic heterocycles. The molecule has 0 radical (unpaired) electrons. The van der Waals surface area contributed by atoms with Gasteiger partial charge in [-0.05, 0) is 32.0 Å². The molecule has 2 rings (SSSR count). The first-order chi connectivity index (χ1) is 9.83. The lowest BCUT2D eigenvalue weighted by Gasteiger charge is -2.06. The molecule has 21 heavy (non-hydrogen) atoms. The van der Waals surface area contributed by atoms with Crippen molar-refractivity contribution in [1.82, 2.24) is 14.5 Å². The second-order valence-corrected chi connectivity index (χ2v) is 6.26. The third-order valence-electron chi connectivity index (χ3n) is 3.03. The van der Waals surface area contributed by atoms with E-state index >= 15 is 0 Å². The number of nitrogens with one attached hydrogen (secondary N) is 1. The number of hydrogen-bond acceptors (Lipinski definition) is 3. The maximum Gasteiger partial charge on any atom is 0.240 e. The molecule has 5 nitrogen and oxygen atoms in total. The summed E-state index contributed by atoms with van der Waals surface area (Å²) in [5, 5.41) is 4.20. The molecule has 1 heterocycles. The minimum absolute atomic E-state index is 0.0349. The topological polar surface area (TPSA) is 64.0 Å². The lowest BCUT2D eigenvalue weighted by molar-refractivity contribution is 0.504. The van der Waals surface area contributed by atoms with E-state index in [-0.39, 0.29) is 11.4 Å². The van der Waals surface area contributed by atoms with Crippen LogP contribution in [0.5, 0.6) is 0 Å². The van der Waals surface area contributed by atoms with Crippen LogP contribution in [-0.2, 0) is 23.1 Å². The van der Waals surface area contributed by atoms with Crippen LogP contribution in [0.4, 0.5) is 8.78 Å². The molecule has 114 valence electrons. The van der Waals surface area contributed by atoms with Crippen LogP contribution in [0, 0.1) is 18.6 Å². The largest absolute Gasteiger partial charge is 0.272 e. The van der Waals surface area contributed by atoms with E-state index in [2.05, 4.69) is 9.82 Å². The molecule has 0 atom stereocenters. The summed E-state index contributed by atoms with van der Waals surface area (Å²) in [4.78, 5) is -0.318. The fourth-order valence-corrected chi connectivity index (χ4v) is 2.81. The van der Waals surface area contributed by atoms with Crippen molar-refractivity contribution >= 4 is 10.0 Å². The molecule has 0 spiro atoms. The SMILES string of the molecule is CCn1cc(CNS(=O)(=O)c2ccc(F)c(F)c2)c(C)n1. The first-order valence-corrected chi connectivity index (χ1v) is 7.79. The monoisotopic (exact) mass is 315 g/mol. The van der Waals surface area contributed by atoms with E-state index in [9.17, 15) is 17.2 Å². The predicted octanol–water partition coefficient (Wildman–Crippen LogP) is 1.97. The van der Waals surface area contributed by atoms with Crippen molar-refractivity contribution in [1.29, 1.82) is 0 Å². The number of aromatic nitrogens is 2. The van der Waals surface area contributed by atoms with E-state index in [0.29, 0.717) is 18.3 Å². The molecule has 0 aliphatic carbocycles. The van der Waals surface area contributed by atoms with Gasteiger partial charge in [-0.2, -0.15) is 5.10 Å². The zero-order chi connectivity index (χ0) is 15.6. The molecular weight excluding hydrogens is 300 g/mol. The van der Waals surface area contributed by atoms with Crippen LogP contribution in [0.1, 0.15) is 18.2 Å². The second kappa shape index (κ2) is 5.90. The Bertz CT molecular complexity index is 757. The molecule has 0 aliphatic rings. The zero-order valence-electron chi connectivity index (χ0n) is 11.6. The van der Waals surface area contributed by atoms with Crippen LogP contribution in [0.2, 0.25) is 0 Å². The van der Waals surface area contributed by atoms with E-state index in [1.54, 1.807) is 17.8 Å². The van der Waals surface area contributed by atoms with E-state index in [1.165, 1.54) is 0 Å². The number of sulfonamides is 1. The standard InChI is InChI=1S/C13H15F2N3O2S/c1-3-18-8-10(9(2)17-18)7-16-21(19,20)11-4-5-12(14)13(15)6-11/h4-6,8,16H,3,7H2,1-2H3. The van der Waals surface area contributed by atoms with Gasteiger partial charge in [-0.15, -0.1) is 0 Å². The fourth-order valence-electron chi connectivity index (χ4n) is 1.79. The smallest absolute Gasteiger partial charge is 0.240 e. The van der Waals surface area contributed by atoms with Crippen molar-refractivity contribution in [3.8, 4) is 0 Å². The van der Waals surface area contributed by atoms with Crippen LogP contribution in [0.25, 0.3) is 0 Å². The summed E-state index contributed by atoms with van der Waals surface area (Å²) in [7, 11) is -3.91. The summed E-state index contributed by atoms with van der Waals surface area (Å²) >= 11 is 0. The maximum absolute atomic E-state index is 13.1. The lowest BCUT2D eigenvalue weighted by Crippen LogP contribution is -2.23. The Hall–Kier alpha value is -1.80. The van der Waals surface area contributed by atoms with E-state index in [0.717, 1.165) is 17.7 Å². The van der Waals surface area contributed by atoms with Gasteiger partial charge in [0.2, 0.25) is 10.0 Å². The van der Waals surface area contributed by atoms with Crippen LogP contribution >= 0.6 is 0 Å². The summed E-state index contributed by atoms with van der Waals surface area (Å²) in [5.41, 5.74) is 1.44. The summed E-state index contributed by atoms with van der Waals surface area (Å²) in [6.45, 7) is 4.40. The van der Waals surface area contributed by atoms with Crippen LogP contribution in [0.3, 0.4) is 0 Å². The molecule has 1 aromatic heterocycles. The molecule has 2 aromatic rings. The predicted molar refractivity (Wildman–Crippen MR) is 73.0 cm³/mol. The number of hydrogen-bond donors (Lipinski definition) is 1. The Balaban J connectivity index is 2.17. The van der Waals surface area contributed by atoms with E-state index < -0.39 is 21.7 Å². The van der Waals surface area contributed by atoms with Gasteiger partial charge in [-0.25, -0.2) is 21.9 Å². The molecule has 0 unspecified atom stereocenters. The summed E-state index contributed by atoms with van der Waals surface area (Å²) < 4.78 is 54.0. The molecule has 0 amide bonds. The maximum atomic E-state index is 13.1. The third-order valence-corrected chi connectivity index (χ3v) is 4.42. The molecule has 0 saturated carbocycles. The molecule has 0 bridgehead atoms. The minimum atomic E-state index is -3.91. The van der Waals surface area contributed by atoms with Gasteiger partial charge in [0.15, 0.2) is 11.6 Å². The average molecular weight is 315 g/mol. The first-order valence-electron chi connectivity index (χ1n) is 6.31. The van der Waals surface area contributed by atoms with Gasteiger partial charge < -0.3 is 0 Å². The van der Waals surface area contributed by atoms with Crippen molar-refractivity contribution in [3.05, 3.63) is 47.3 Å². The fraction of sp³-hybridized carbons (Fsp3) is 0.308. The molecule has 0 saturated heterocycles. The van der Waals surface area contributed by atoms with Crippen molar-refractivity contribution < 1.29 is 17.2 Å².